The smallest absolute Gasteiger partial charge is 0.366 e. The largest absolute Gasteiger partial charge is 0.417 e. The second-order valence-electron chi connectivity index (χ2n) is 8.00. The summed E-state index contributed by atoms with van der Waals surface area (Å²) in [6, 6.07) is 13.9. The van der Waals surface area contributed by atoms with Crippen LogP contribution < -0.4 is 16.0 Å². The molecule has 1 aromatic heterocycles. The summed E-state index contributed by atoms with van der Waals surface area (Å²) in [6.07, 6.45) is -4.62. The van der Waals surface area contributed by atoms with E-state index in [1.807, 2.05) is 4.90 Å². The lowest BCUT2D eigenvalue weighted by Gasteiger charge is -2.35. The highest BCUT2D eigenvalue weighted by Crippen LogP contribution is 2.32. The maximum absolute atomic E-state index is 13.3. The molecule has 1 fully saturated rings. The molecule has 0 radical (unpaired) electrons. The molecule has 2 aromatic carbocycles. The zero-order valence-corrected chi connectivity index (χ0v) is 18.8. The number of nitrogens with zero attached hydrogens (tertiary/aromatic N) is 4. The Kier molecular flexibility index (Phi) is 6.86. The number of carbonyl (C=O) groups excluding carboxylic acids is 3. The first kappa shape index (κ1) is 24.6. The van der Waals surface area contributed by atoms with E-state index in [0.717, 1.165) is 6.07 Å². The van der Waals surface area contributed by atoms with E-state index in [-0.39, 0.29) is 29.9 Å². The Morgan fingerprint density at radius 1 is 0.889 bits per heavy atom. The van der Waals surface area contributed by atoms with Crippen molar-refractivity contribution in [1.82, 2.24) is 15.1 Å². The summed E-state index contributed by atoms with van der Waals surface area (Å²) in [5.41, 5.74) is 4.56. The van der Waals surface area contributed by atoms with Gasteiger partial charge in [-0.2, -0.15) is 13.2 Å². The van der Waals surface area contributed by atoms with Crippen LogP contribution in [0.5, 0.6) is 0 Å². The van der Waals surface area contributed by atoms with Crippen LogP contribution in [0.3, 0.4) is 0 Å². The number of benzene rings is 2. The van der Waals surface area contributed by atoms with Gasteiger partial charge in [0.15, 0.2) is 11.5 Å². The van der Waals surface area contributed by atoms with E-state index >= 15 is 0 Å². The molecule has 1 saturated heterocycles. The van der Waals surface area contributed by atoms with Crippen LogP contribution in [0.15, 0.2) is 60.7 Å². The standard InChI is InChI=1S/C24H21F3N6O3/c25-24(26,27)18-7-2-1-6-17(18)23(36)33-12-10-32(11-13-33)20-9-8-19(30-31-20)22(35)29-16-5-3-4-15(14-16)21(28)34/h1-9,14H,10-13H2,(H2,28,34)(H,29,35). The Hall–Kier alpha value is -4.48. The Morgan fingerprint density at radius 3 is 2.25 bits per heavy atom. The van der Waals surface area contributed by atoms with Gasteiger partial charge in [-0.3, -0.25) is 14.4 Å². The van der Waals surface area contributed by atoms with Gasteiger partial charge in [-0.1, -0.05) is 18.2 Å². The fourth-order valence-corrected chi connectivity index (χ4v) is 3.79. The van der Waals surface area contributed by atoms with Crippen LogP contribution in [0.25, 0.3) is 0 Å². The first-order valence-corrected chi connectivity index (χ1v) is 10.9. The van der Waals surface area contributed by atoms with Crippen LogP contribution >= 0.6 is 0 Å². The molecule has 36 heavy (non-hydrogen) atoms. The van der Waals surface area contributed by atoms with Crippen molar-refractivity contribution in [2.75, 3.05) is 36.4 Å². The minimum absolute atomic E-state index is 0.0424. The first-order chi connectivity index (χ1) is 17.1. The second kappa shape index (κ2) is 10.0. The lowest BCUT2D eigenvalue weighted by molar-refractivity contribution is -0.138. The van der Waals surface area contributed by atoms with Gasteiger partial charge in [0, 0.05) is 37.4 Å². The molecule has 1 aliphatic heterocycles. The molecule has 2 heterocycles. The van der Waals surface area contributed by atoms with Crippen molar-refractivity contribution in [2.45, 2.75) is 6.18 Å². The normalized spacial score (nSPS) is 13.9. The van der Waals surface area contributed by atoms with Crippen molar-refractivity contribution in [3.63, 3.8) is 0 Å². The fourth-order valence-electron chi connectivity index (χ4n) is 3.79. The number of amides is 3. The van der Waals surface area contributed by atoms with Crippen LogP contribution in [0.1, 0.15) is 36.8 Å². The van der Waals surface area contributed by atoms with Crippen molar-refractivity contribution >= 4 is 29.2 Å². The summed E-state index contributed by atoms with van der Waals surface area (Å²) in [7, 11) is 0. The summed E-state index contributed by atoms with van der Waals surface area (Å²) in [4.78, 5) is 39.7. The highest BCUT2D eigenvalue weighted by atomic mass is 19.4. The van der Waals surface area contributed by atoms with E-state index in [9.17, 15) is 27.6 Å². The summed E-state index contributed by atoms with van der Waals surface area (Å²) >= 11 is 0. The third kappa shape index (κ3) is 5.43. The van der Waals surface area contributed by atoms with Crippen LogP contribution in [0, 0.1) is 0 Å². The van der Waals surface area contributed by atoms with Crippen molar-refractivity contribution in [2.24, 2.45) is 5.73 Å². The van der Waals surface area contributed by atoms with Crippen molar-refractivity contribution in [3.05, 3.63) is 83.0 Å². The molecule has 186 valence electrons. The molecule has 0 bridgehead atoms. The number of halogens is 3. The maximum atomic E-state index is 13.3. The van der Waals surface area contributed by atoms with Gasteiger partial charge in [0.1, 0.15) is 0 Å². The predicted molar refractivity (Wildman–Crippen MR) is 125 cm³/mol. The minimum atomic E-state index is -4.62. The molecule has 0 atom stereocenters. The van der Waals surface area contributed by atoms with Gasteiger partial charge >= 0.3 is 6.18 Å². The molecule has 3 N–H and O–H groups in total. The molecule has 9 nitrogen and oxygen atoms in total. The van der Waals surface area contributed by atoms with Crippen LogP contribution in [0.2, 0.25) is 0 Å². The summed E-state index contributed by atoms with van der Waals surface area (Å²) < 4.78 is 39.8. The lowest BCUT2D eigenvalue weighted by atomic mass is 10.1. The molecule has 4 rings (SSSR count). The summed E-state index contributed by atoms with van der Waals surface area (Å²) in [6.45, 7) is 1.07. The van der Waals surface area contributed by atoms with Crippen molar-refractivity contribution in [1.29, 1.82) is 0 Å². The number of rotatable bonds is 5. The number of piperazine rings is 1. The second-order valence-corrected chi connectivity index (χ2v) is 8.00. The molecule has 3 amide bonds. The molecule has 0 unspecified atom stereocenters. The van der Waals surface area contributed by atoms with Gasteiger partial charge in [-0.15, -0.1) is 10.2 Å². The minimum Gasteiger partial charge on any atom is -0.366 e. The molecule has 0 spiro atoms. The number of carbonyl (C=O) groups is 3. The van der Waals surface area contributed by atoms with E-state index < -0.39 is 29.5 Å². The summed E-state index contributed by atoms with van der Waals surface area (Å²) in [5, 5.41) is 10.6. The van der Waals surface area contributed by atoms with E-state index in [1.165, 1.54) is 41.3 Å². The molecular formula is C24H21F3N6O3. The zero-order chi connectivity index (χ0) is 25.9. The van der Waals surface area contributed by atoms with Gasteiger partial charge in [-0.25, -0.2) is 0 Å². The number of aromatic nitrogens is 2. The van der Waals surface area contributed by atoms with Crippen LogP contribution in [-0.4, -0.2) is 59.0 Å². The number of anilines is 2. The first-order valence-electron chi connectivity index (χ1n) is 10.9. The summed E-state index contributed by atoms with van der Waals surface area (Å²) in [5.74, 6) is -1.37. The highest BCUT2D eigenvalue weighted by Gasteiger charge is 2.36. The van der Waals surface area contributed by atoms with Gasteiger partial charge in [0.25, 0.3) is 11.8 Å². The van der Waals surface area contributed by atoms with Crippen molar-refractivity contribution in [3.8, 4) is 0 Å². The number of hydrogen-bond donors (Lipinski definition) is 2. The average Bonchev–Trinajstić information content (AvgIpc) is 2.88. The number of alkyl halides is 3. The highest BCUT2D eigenvalue weighted by molar-refractivity contribution is 6.03. The monoisotopic (exact) mass is 498 g/mol. The van der Waals surface area contributed by atoms with E-state index in [4.69, 9.17) is 5.73 Å². The quantitative estimate of drug-likeness (QED) is 0.558. The number of hydrogen-bond acceptors (Lipinski definition) is 6. The molecular weight excluding hydrogens is 477 g/mol. The zero-order valence-electron chi connectivity index (χ0n) is 18.8. The third-order valence-electron chi connectivity index (χ3n) is 5.64. The van der Waals surface area contributed by atoms with Gasteiger partial charge in [0.2, 0.25) is 5.91 Å². The SMILES string of the molecule is NC(=O)c1cccc(NC(=O)c2ccc(N3CCN(C(=O)c4ccccc4C(F)(F)F)CC3)nn2)c1. The predicted octanol–water partition coefficient (Wildman–Crippen LogP) is 2.81. The van der Waals surface area contributed by atoms with Crippen LogP contribution in [-0.2, 0) is 6.18 Å². The molecule has 3 aromatic rings. The van der Waals surface area contributed by atoms with E-state index in [1.54, 1.807) is 18.2 Å². The Labute approximate surface area is 203 Å². The molecule has 12 heteroatoms. The molecule has 0 saturated carbocycles. The Balaban J connectivity index is 1.37. The fraction of sp³-hybridized carbons (Fsp3) is 0.208. The van der Waals surface area contributed by atoms with E-state index in [2.05, 4.69) is 15.5 Å². The van der Waals surface area contributed by atoms with Gasteiger partial charge < -0.3 is 20.9 Å². The topological polar surface area (TPSA) is 122 Å². The van der Waals surface area contributed by atoms with E-state index in [0.29, 0.717) is 24.6 Å². The number of nitrogens with two attached hydrogens (primary N) is 1. The lowest BCUT2D eigenvalue weighted by Crippen LogP contribution is -2.49. The van der Waals surface area contributed by atoms with Crippen LogP contribution in [0.4, 0.5) is 24.7 Å². The number of nitrogens with one attached hydrogen (secondary N) is 1. The molecule has 0 aliphatic carbocycles. The van der Waals surface area contributed by atoms with Gasteiger partial charge in [0.05, 0.1) is 11.1 Å². The van der Waals surface area contributed by atoms with Gasteiger partial charge in [-0.05, 0) is 42.5 Å². The maximum Gasteiger partial charge on any atom is 0.417 e. The molecule has 1 aliphatic rings. The van der Waals surface area contributed by atoms with Crippen molar-refractivity contribution < 1.29 is 27.6 Å². The Morgan fingerprint density at radius 2 is 1.61 bits per heavy atom. The third-order valence-corrected chi connectivity index (χ3v) is 5.64. The average molecular weight is 498 g/mol. The Bertz CT molecular complexity index is 1290. The number of primary amides is 1.